The van der Waals surface area contributed by atoms with Gasteiger partial charge in [-0.3, -0.25) is 0 Å². The Morgan fingerprint density at radius 1 is 0.697 bits per heavy atom. The second kappa shape index (κ2) is 9.07. The van der Waals surface area contributed by atoms with Gasteiger partial charge in [0, 0.05) is 11.6 Å². The number of aromatic nitrogens is 3. The summed E-state index contributed by atoms with van der Waals surface area (Å²) in [6.07, 6.45) is 1.39. The first-order valence-electron chi connectivity index (χ1n) is 9.98. The van der Waals surface area contributed by atoms with E-state index in [4.69, 9.17) is 34.4 Å². The number of fused-ring (bicyclic) bond motifs is 1. The van der Waals surface area contributed by atoms with Crippen LogP contribution in [0.25, 0.3) is 33.4 Å². The monoisotopic (exact) mass is 448 g/mol. The van der Waals surface area contributed by atoms with Crippen LogP contribution in [0.3, 0.4) is 0 Å². The van der Waals surface area contributed by atoms with E-state index in [9.17, 15) is 0 Å². The van der Waals surface area contributed by atoms with Crippen molar-refractivity contribution in [1.29, 1.82) is 0 Å². The van der Waals surface area contributed by atoms with Gasteiger partial charge < -0.3 is 29.4 Å². The van der Waals surface area contributed by atoms with Crippen LogP contribution in [0.4, 0.5) is 5.82 Å². The Balaban J connectivity index is 2.04. The summed E-state index contributed by atoms with van der Waals surface area (Å²) in [5, 5.41) is 0.614. The Bertz CT molecular complexity index is 1300. The van der Waals surface area contributed by atoms with E-state index in [1.165, 1.54) is 6.33 Å². The van der Waals surface area contributed by atoms with E-state index in [-0.39, 0.29) is 0 Å². The number of hydrogen-bond acceptors (Lipinski definition) is 9. The summed E-state index contributed by atoms with van der Waals surface area (Å²) in [4.78, 5) is 13.3. The topological polar surface area (TPSA) is 111 Å². The Hall–Kier alpha value is -4.27. The lowest BCUT2D eigenvalue weighted by Gasteiger charge is -2.17. The molecule has 2 aromatic heterocycles. The molecule has 9 nitrogen and oxygen atoms in total. The predicted octanol–water partition coefficient (Wildman–Crippen LogP) is 3.98. The Labute approximate surface area is 191 Å². The average Bonchev–Trinajstić information content (AvgIpc) is 2.86. The van der Waals surface area contributed by atoms with Crippen molar-refractivity contribution < 1.29 is 23.7 Å². The first-order chi connectivity index (χ1) is 16.0. The van der Waals surface area contributed by atoms with Gasteiger partial charge in [-0.25, -0.2) is 15.0 Å². The van der Waals surface area contributed by atoms with Crippen molar-refractivity contribution in [3.8, 4) is 51.1 Å². The lowest BCUT2D eigenvalue weighted by atomic mass is 9.98. The number of benzene rings is 2. The average molecular weight is 448 g/mol. The SMILES string of the molecule is COc1ccc(-c2cc(-c3cc(OC)c(OC)c(OC)c3)c3c(N)ncnc3n2)c(OC)c1. The molecule has 0 bridgehead atoms. The molecule has 0 fully saturated rings. The molecule has 0 spiro atoms. The third-order valence-corrected chi connectivity index (χ3v) is 5.29. The van der Waals surface area contributed by atoms with Crippen molar-refractivity contribution in [2.24, 2.45) is 0 Å². The number of nitrogens with zero attached hydrogens (tertiary/aromatic N) is 3. The molecule has 2 N–H and O–H groups in total. The maximum Gasteiger partial charge on any atom is 0.203 e. The smallest absolute Gasteiger partial charge is 0.203 e. The summed E-state index contributed by atoms with van der Waals surface area (Å²) in [6.45, 7) is 0. The van der Waals surface area contributed by atoms with Crippen LogP contribution >= 0.6 is 0 Å². The van der Waals surface area contributed by atoms with Gasteiger partial charge in [0.25, 0.3) is 0 Å². The molecule has 0 aliphatic heterocycles. The minimum atomic E-state index is 0.310. The molecule has 0 aliphatic rings. The third-order valence-electron chi connectivity index (χ3n) is 5.29. The van der Waals surface area contributed by atoms with Crippen molar-refractivity contribution in [1.82, 2.24) is 15.0 Å². The fourth-order valence-corrected chi connectivity index (χ4v) is 3.70. The molecule has 9 heteroatoms. The Morgan fingerprint density at radius 2 is 1.39 bits per heavy atom. The molecule has 4 aromatic rings. The van der Waals surface area contributed by atoms with E-state index >= 15 is 0 Å². The molecular formula is C24H24N4O5. The van der Waals surface area contributed by atoms with Crippen LogP contribution in [0.2, 0.25) is 0 Å². The summed E-state index contributed by atoms with van der Waals surface area (Å²) >= 11 is 0. The van der Waals surface area contributed by atoms with Crippen molar-refractivity contribution >= 4 is 16.9 Å². The lowest BCUT2D eigenvalue weighted by molar-refractivity contribution is 0.324. The van der Waals surface area contributed by atoms with Gasteiger partial charge in [-0.15, -0.1) is 0 Å². The highest BCUT2D eigenvalue weighted by atomic mass is 16.5. The van der Waals surface area contributed by atoms with Gasteiger partial charge in [-0.2, -0.15) is 0 Å². The number of ether oxygens (including phenoxy) is 5. The Morgan fingerprint density at radius 3 is 2.00 bits per heavy atom. The van der Waals surface area contributed by atoms with Crippen molar-refractivity contribution in [2.75, 3.05) is 41.3 Å². The molecule has 4 rings (SSSR count). The molecule has 33 heavy (non-hydrogen) atoms. The summed E-state index contributed by atoms with van der Waals surface area (Å²) in [5.41, 5.74) is 9.64. The highest BCUT2D eigenvalue weighted by Gasteiger charge is 2.20. The third kappa shape index (κ3) is 3.89. The van der Waals surface area contributed by atoms with Crippen LogP contribution in [0.15, 0.2) is 42.7 Å². The van der Waals surface area contributed by atoms with E-state index in [2.05, 4.69) is 9.97 Å². The molecular weight excluding hydrogens is 424 g/mol. The number of nitrogen functional groups attached to an aromatic ring is 1. The van der Waals surface area contributed by atoms with Gasteiger partial charge in [0.15, 0.2) is 17.1 Å². The molecule has 2 aromatic carbocycles. The van der Waals surface area contributed by atoms with Gasteiger partial charge in [0.05, 0.1) is 46.6 Å². The van der Waals surface area contributed by atoms with Crippen molar-refractivity contribution in [2.45, 2.75) is 0 Å². The molecule has 0 saturated heterocycles. The van der Waals surface area contributed by atoms with Gasteiger partial charge in [-0.05, 0) is 41.5 Å². The zero-order valence-corrected chi connectivity index (χ0v) is 19.0. The molecule has 0 radical (unpaired) electrons. The van der Waals surface area contributed by atoms with Gasteiger partial charge >= 0.3 is 0 Å². The summed E-state index contributed by atoms with van der Waals surface area (Å²) in [5.74, 6) is 3.10. The van der Waals surface area contributed by atoms with Crippen LogP contribution in [0.1, 0.15) is 0 Å². The van der Waals surface area contributed by atoms with E-state index in [0.29, 0.717) is 51.3 Å². The Kier molecular flexibility index (Phi) is 6.03. The summed E-state index contributed by atoms with van der Waals surface area (Å²) in [7, 11) is 7.89. The van der Waals surface area contributed by atoms with Gasteiger partial charge in [-0.1, -0.05) is 0 Å². The van der Waals surface area contributed by atoms with E-state index in [1.807, 2.05) is 30.3 Å². The summed E-state index contributed by atoms with van der Waals surface area (Å²) in [6, 6.07) is 11.1. The van der Waals surface area contributed by atoms with Crippen LogP contribution in [-0.2, 0) is 0 Å². The van der Waals surface area contributed by atoms with E-state index in [1.54, 1.807) is 41.6 Å². The highest BCUT2D eigenvalue weighted by molar-refractivity contribution is 6.01. The number of methoxy groups -OCH3 is 5. The second-order valence-electron chi connectivity index (χ2n) is 6.99. The number of anilines is 1. The maximum absolute atomic E-state index is 6.25. The summed E-state index contributed by atoms with van der Waals surface area (Å²) < 4.78 is 27.5. The van der Waals surface area contributed by atoms with Crippen LogP contribution in [0, 0.1) is 0 Å². The van der Waals surface area contributed by atoms with Crippen LogP contribution < -0.4 is 29.4 Å². The molecule has 0 amide bonds. The molecule has 0 unspecified atom stereocenters. The molecule has 2 heterocycles. The quantitative estimate of drug-likeness (QED) is 0.449. The fourth-order valence-electron chi connectivity index (χ4n) is 3.70. The first kappa shape index (κ1) is 21.9. The molecule has 0 aliphatic carbocycles. The van der Waals surface area contributed by atoms with Crippen molar-refractivity contribution in [3.05, 3.63) is 42.7 Å². The molecule has 0 saturated carbocycles. The number of pyridine rings is 1. The number of nitrogens with two attached hydrogens (primary N) is 1. The number of hydrogen-bond donors (Lipinski definition) is 1. The van der Waals surface area contributed by atoms with Crippen LogP contribution in [0.5, 0.6) is 28.7 Å². The standard InChI is InChI=1S/C24H24N4O5/c1-29-14-6-7-15(18(10-14)30-2)17-11-16(21-23(25)26-12-27-24(21)28-17)13-8-19(31-3)22(33-5)20(9-13)32-4/h6-12H,1-5H3,(H2,25,26,27,28). The zero-order chi connectivity index (χ0) is 23.5. The van der Waals surface area contributed by atoms with E-state index in [0.717, 1.165) is 16.7 Å². The molecule has 0 atom stereocenters. The largest absolute Gasteiger partial charge is 0.497 e. The zero-order valence-electron chi connectivity index (χ0n) is 19.0. The normalized spacial score (nSPS) is 10.7. The maximum atomic E-state index is 6.25. The van der Waals surface area contributed by atoms with Gasteiger partial charge in [0.1, 0.15) is 23.6 Å². The predicted molar refractivity (Wildman–Crippen MR) is 125 cm³/mol. The highest BCUT2D eigenvalue weighted by Crippen LogP contribution is 2.44. The van der Waals surface area contributed by atoms with E-state index < -0.39 is 0 Å². The number of rotatable bonds is 7. The van der Waals surface area contributed by atoms with Crippen molar-refractivity contribution in [3.63, 3.8) is 0 Å². The minimum Gasteiger partial charge on any atom is -0.497 e. The van der Waals surface area contributed by atoms with Gasteiger partial charge in [0.2, 0.25) is 5.75 Å². The van der Waals surface area contributed by atoms with Crippen LogP contribution in [-0.4, -0.2) is 50.5 Å². The lowest BCUT2D eigenvalue weighted by Crippen LogP contribution is -2.00. The minimum absolute atomic E-state index is 0.310. The molecule has 170 valence electrons. The second-order valence-corrected chi connectivity index (χ2v) is 6.99. The first-order valence-corrected chi connectivity index (χ1v) is 9.98. The fraction of sp³-hybridized carbons (Fsp3) is 0.208.